The second-order valence-electron chi connectivity index (χ2n) is 16.4. The summed E-state index contributed by atoms with van der Waals surface area (Å²) in [4.78, 5) is 37.6. The minimum absolute atomic E-state index is 0.0762. The summed E-state index contributed by atoms with van der Waals surface area (Å²) in [7, 11) is 0. The monoisotopic (exact) mass is 837 g/mol. The fourth-order valence-electron chi connectivity index (χ4n) is 6.74. The van der Waals surface area contributed by atoms with E-state index in [0.29, 0.717) is 19.3 Å². The summed E-state index contributed by atoms with van der Waals surface area (Å²) in [6, 6.07) is 0. The first-order valence-electron chi connectivity index (χ1n) is 24.9. The molecule has 0 fully saturated rings. The van der Waals surface area contributed by atoms with Crippen molar-refractivity contribution in [2.45, 2.75) is 239 Å². The number of carbonyl (C=O) groups excluding carboxylic acids is 3. The molecule has 0 aromatic rings. The van der Waals surface area contributed by atoms with Crippen molar-refractivity contribution < 1.29 is 28.6 Å². The zero-order valence-corrected chi connectivity index (χ0v) is 39.2. The molecule has 0 radical (unpaired) electrons. The standard InChI is InChI=1S/C54H92O6/c1-4-7-10-13-16-18-19-20-21-22-23-24-25-26-27-28-29-30-31-32-33-34-35-36-39-41-44-47-53(56)59-50-51(49-58-52(55)46-43-40-37-15-12-9-6-3)60-54(57)48-45-42-38-17-14-11-8-5-2/h7,10,16,18,20-21,23-24,26-27,29-30,51H,4-6,8-9,11-15,17,19,22,25,28,31-50H2,1-3H3/b10-7-,18-16-,21-20-,24-23-,27-26-,30-29-. The van der Waals surface area contributed by atoms with Crippen LogP contribution in [0.4, 0.5) is 0 Å². The van der Waals surface area contributed by atoms with E-state index in [-0.39, 0.29) is 31.1 Å². The molecule has 60 heavy (non-hydrogen) atoms. The highest BCUT2D eigenvalue weighted by Crippen LogP contribution is 2.14. The first-order valence-corrected chi connectivity index (χ1v) is 24.9. The van der Waals surface area contributed by atoms with E-state index in [1.807, 2.05) is 0 Å². The van der Waals surface area contributed by atoms with Gasteiger partial charge < -0.3 is 14.2 Å². The van der Waals surface area contributed by atoms with Gasteiger partial charge in [-0.25, -0.2) is 0 Å². The summed E-state index contributed by atoms with van der Waals surface area (Å²) >= 11 is 0. The maximum atomic E-state index is 12.6. The van der Waals surface area contributed by atoms with Crippen molar-refractivity contribution >= 4 is 17.9 Å². The molecule has 344 valence electrons. The van der Waals surface area contributed by atoms with Crippen LogP contribution in [0.25, 0.3) is 0 Å². The molecule has 0 aliphatic carbocycles. The molecule has 0 heterocycles. The molecule has 0 bridgehead atoms. The molecule has 1 atom stereocenters. The Labute approximate surface area is 370 Å². The van der Waals surface area contributed by atoms with Gasteiger partial charge in [0.25, 0.3) is 0 Å². The molecule has 0 saturated carbocycles. The van der Waals surface area contributed by atoms with Crippen molar-refractivity contribution in [1.29, 1.82) is 0 Å². The molecular formula is C54H92O6. The van der Waals surface area contributed by atoms with Crippen LogP contribution in [0, 0.1) is 0 Å². The Morgan fingerprint density at radius 2 is 0.650 bits per heavy atom. The van der Waals surface area contributed by atoms with Crippen LogP contribution in [0.2, 0.25) is 0 Å². The average molecular weight is 837 g/mol. The fourth-order valence-corrected chi connectivity index (χ4v) is 6.74. The van der Waals surface area contributed by atoms with Gasteiger partial charge in [-0.3, -0.25) is 14.4 Å². The molecule has 1 unspecified atom stereocenters. The van der Waals surface area contributed by atoms with Crippen LogP contribution < -0.4 is 0 Å². The Morgan fingerprint density at radius 3 is 1.02 bits per heavy atom. The Kier molecular flexibility index (Phi) is 46.0. The lowest BCUT2D eigenvalue weighted by Gasteiger charge is -2.18. The molecule has 0 aliphatic rings. The molecule has 6 heteroatoms. The highest BCUT2D eigenvalue weighted by molar-refractivity contribution is 5.71. The van der Waals surface area contributed by atoms with Crippen molar-refractivity contribution in [1.82, 2.24) is 0 Å². The molecule has 6 nitrogen and oxygen atoms in total. The molecular weight excluding hydrogens is 745 g/mol. The summed E-state index contributed by atoms with van der Waals surface area (Å²) < 4.78 is 16.6. The van der Waals surface area contributed by atoms with Crippen LogP contribution in [-0.4, -0.2) is 37.2 Å². The first-order chi connectivity index (χ1) is 29.5. The van der Waals surface area contributed by atoms with E-state index in [2.05, 4.69) is 93.7 Å². The molecule has 0 saturated heterocycles. The number of carbonyl (C=O) groups is 3. The molecule has 0 rings (SSSR count). The number of esters is 3. The largest absolute Gasteiger partial charge is 0.462 e. The van der Waals surface area contributed by atoms with Crippen LogP contribution >= 0.6 is 0 Å². The highest BCUT2D eigenvalue weighted by atomic mass is 16.6. The predicted octanol–water partition coefficient (Wildman–Crippen LogP) is 16.3. The Hall–Kier alpha value is -3.15. The van der Waals surface area contributed by atoms with Gasteiger partial charge in [0.05, 0.1) is 0 Å². The van der Waals surface area contributed by atoms with Crippen molar-refractivity contribution in [3.05, 3.63) is 72.9 Å². The Morgan fingerprint density at radius 1 is 0.350 bits per heavy atom. The normalized spacial score (nSPS) is 12.7. The average Bonchev–Trinajstić information content (AvgIpc) is 3.24. The zero-order valence-electron chi connectivity index (χ0n) is 39.2. The van der Waals surface area contributed by atoms with Gasteiger partial charge in [-0.15, -0.1) is 0 Å². The second-order valence-corrected chi connectivity index (χ2v) is 16.4. The maximum Gasteiger partial charge on any atom is 0.306 e. The number of ether oxygens (including phenoxy) is 3. The number of rotatable bonds is 44. The SMILES string of the molecule is CC/C=C\C/C=C\C/C=C\C/C=C\C/C=C\C/C=C\CCCCCCCCCCC(=O)OCC(COC(=O)CCCCCCCCC)OC(=O)CCCCCCCCCC. The van der Waals surface area contributed by atoms with Gasteiger partial charge in [-0.05, 0) is 70.6 Å². The minimum Gasteiger partial charge on any atom is -0.462 e. The van der Waals surface area contributed by atoms with Crippen LogP contribution in [0.3, 0.4) is 0 Å². The van der Waals surface area contributed by atoms with Crippen molar-refractivity contribution in [3.8, 4) is 0 Å². The molecule has 0 aromatic carbocycles. The maximum absolute atomic E-state index is 12.6. The first kappa shape index (κ1) is 56.9. The second kappa shape index (κ2) is 48.5. The number of allylic oxidation sites excluding steroid dienone is 12. The zero-order chi connectivity index (χ0) is 43.7. The van der Waals surface area contributed by atoms with Gasteiger partial charge in [0.15, 0.2) is 6.10 Å². The molecule has 0 spiro atoms. The Bertz CT molecular complexity index is 1140. The predicted molar refractivity (Wildman–Crippen MR) is 256 cm³/mol. The fraction of sp³-hybridized carbons (Fsp3) is 0.722. The summed E-state index contributed by atoms with van der Waals surface area (Å²) in [5.41, 5.74) is 0. The van der Waals surface area contributed by atoms with E-state index in [1.165, 1.54) is 89.9 Å². The summed E-state index contributed by atoms with van der Waals surface area (Å²) in [6.07, 6.45) is 60.6. The van der Waals surface area contributed by atoms with E-state index < -0.39 is 6.10 Å². The van der Waals surface area contributed by atoms with Crippen LogP contribution in [-0.2, 0) is 28.6 Å². The third-order valence-electron chi connectivity index (χ3n) is 10.5. The summed E-state index contributed by atoms with van der Waals surface area (Å²) in [5.74, 6) is -0.898. The van der Waals surface area contributed by atoms with Gasteiger partial charge in [0.1, 0.15) is 13.2 Å². The molecule has 0 aliphatic heterocycles. The summed E-state index contributed by atoms with van der Waals surface area (Å²) in [6.45, 7) is 6.43. The van der Waals surface area contributed by atoms with E-state index in [0.717, 1.165) is 103 Å². The third-order valence-corrected chi connectivity index (χ3v) is 10.5. The van der Waals surface area contributed by atoms with Gasteiger partial charge >= 0.3 is 17.9 Å². The van der Waals surface area contributed by atoms with Gasteiger partial charge in [0.2, 0.25) is 0 Å². The van der Waals surface area contributed by atoms with Gasteiger partial charge in [0, 0.05) is 19.3 Å². The molecule has 0 aromatic heterocycles. The lowest BCUT2D eigenvalue weighted by atomic mass is 10.1. The number of hydrogen-bond acceptors (Lipinski definition) is 6. The Balaban J connectivity index is 4.10. The molecule has 0 N–H and O–H groups in total. The van der Waals surface area contributed by atoms with Crippen molar-refractivity contribution in [2.24, 2.45) is 0 Å². The van der Waals surface area contributed by atoms with Crippen LogP contribution in [0.1, 0.15) is 233 Å². The van der Waals surface area contributed by atoms with Gasteiger partial charge in [-0.2, -0.15) is 0 Å². The quantitative estimate of drug-likeness (QED) is 0.0263. The van der Waals surface area contributed by atoms with E-state index in [1.54, 1.807) is 0 Å². The lowest BCUT2D eigenvalue weighted by Crippen LogP contribution is -2.30. The van der Waals surface area contributed by atoms with Crippen molar-refractivity contribution in [2.75, 3.05) is 13.2 Å². The lowest BCUT2D eigenvalue weighted by molar-refractivity contribution is -0.167. The smallest absolute Gasteiger partial charge is 0.306 e. The summed E-state index contributed by atoms with van der Waals surface area (Å²) in [5, 5.41) is 0. The number of unbranched alkanes of at least 4 members (excludes halogenated alkanes) is 21. The van der Waals surface area contributed by atoms with Crippen LogP contribution in [0.5, 0.6) is 0 Å². The topological polar surface area (TPSA) is 78.9 Å². The van der Waals surface area contributed by atoms with E-state index in [9.17, 15) is 14.4 Å². The third kappa shape index (κ3) is 45.9. The van der Waals surface area contributed by atoms with Crippen molar-refractivity contribution in [3.63, 3.8) is 0 Å². The minimum atomic E-state index is -0.770. The number of hydrogen-bond donors (Lipinski definition) is 0. The van der Waals surface area contributed by atoms with Crippen LogP contribution in [0.15, 0.2) is 72.9 Å². The molecule has 0 amide bonds. The highest BCUT2D eigenvalue weighted by Gasteiger charge is 2.19. The van der Waals surface area contributed by atoms with Gasteiger partial charge in [-0.1, -0.05) is 216 Å². The van der Waals surface area contributed by atoms with E-state index in [4.69, 9.17) is 14.2 Å². The van der Waals surface area contributed by atoms with E-state index >= 15 is 0 Å².